The van der Waals surface area contributed by atoms with Gasteiger partial charge in [0.05, 0.1) is 5.56 Å². The molecule has 5 rings (SSSR count). The van der Waals surface area contributed by atoms with Crippen molar-refractivity contribution in [2.24, 2.45) is 5.92 Å². The van der Waals surface area contributed by atoms with Gasteiger partial charge >= 0.3 is 0 Å². The lowest BCUT2D eigenvalue weighted by molar-refractivity contribution is 0.318. The second kappa shape index (κ2) is 9.34. The molecule has 33 heavy (non-hydrogen) atoms. The van der Waals surface area contributed by atoms with Crippen molar-refractivity contribution < 1.29 is 4.39 Å². The average Bonchev–Trinajstić information content (AvgIpc) is 3.41. The molecule has 2 saturated heterocycles. The van der Waals surface area contributed by atoms with Gasteiger partial charge in [-0.2, -0.15) is 0 Å². The van der Waals surface area contributed by atoms with Crippen molar-refractivity contribution in [1.82, 2.24) is 19.9 Å². The Morgan fingerprint density at radius 3 is 2.73 bits per heavy atom. The molecule has 0 saturated carbocycles. The van der Waals surface area contributed by atoms with E-state index in [9.17, 15) is 4.39 Å². The third kappa shape index (κ3) is 4.33. The topological polar surface area (TPSA) is 41.9 Å². The van der Waals surface area contributed by atoms with Crippen LogP contribution in [-0.4, -0.2) is 31.9 Å². The molecular weight excluding hydrogens is 479 g/mol. The van der Waals surface area contributed by atoms with E-state index < -0.39 is 0 Å². The summed E-state index contributed by atoms with van der Waals surface area (Å²) >= 11 is 3.47. The Bertz CT molecular complexity index is 1130. The first-order chi connectivity index (χ1) is 16.0. The molecule has 2 aliphatic rings. The molecule has 0 radical (unpaired) electrons. The van der Waals surface area contributed by atoms with Crippen LogP contribution in [0, 0.1) is 11.7 Å². The summed E-state index contributed by atoms with van der Waals surface area (Å²) in [5, 5.41) is 0. The molecule has 1 aromatic carbocycles. The highest BCUT2D eigenvalue weighted by atomic mass is 79.9. The fourth-order valence-corrected chi connectivity index (χ4v) is 5.93. The fraction of sp³-hybridized carbons (Fsp3) is 0.370. The van der Waals surface area contributed by atoms with Crippen LogP contribution in [0.3, 0.4) is 0 Å². The quantitative estimate of drug-likeness (QED) is 0.351. The van der Waals surface area contributed by atoms with Gasteiger partial charge in [-0.1, -0.05) is 25.6 Å². The number of rotatable bonds is 7. The zero-order valence-electron chi connectivity index (χ0n) is 18.8. The largest absolute Gasteiger partial charge is 0.365 e. The SMILES string of the molecule is C=C(c1cccc(F)c1-c1ncccn1)N1C2CCC1C(CCC(C)c1ccc(Br)cn1)C2. The van der Waals surface area contributed by atoms with E-state index in [-0.39, 0.29) is 5.82 Å². The summed E-state index contributed by atoms with van der Waals surface area (Å²) < 4.78 is 15.9. The van der Waals surface area contributed by atoms with Gasteiger partial charge in [0.1, 0.15) is 5.82 Å². The molecule has 3 aromatic rings. The summed E-state index contributed by atoms with van der Waals surface area (Å²) in [5.41, 5.74) is 3.29. The van der Waals surface area contributed by atoms with Crippen molar-refractivity contribution in [2.75, 3.05) is 0 Å². The zero-order chi connectivity index (χ0) is 22.9. The smallest absolute Gasteiger partial charge is 0.162 e. The van der Waals surface area contributed by atoms with E-state index in [0.717, 1.165) is 27.8 Å². The highest BCUT2D eigenvalue weighted by Gasteiger charge is 2.46. The van der Waals surface area contributed by atoms with Gasteiger partial charge in [0.2, 0.25) is 0 Å². The average molecular weight is 507 g/mol. The summed E-state index contributed by atoms with van der Waals surface area (Å²) in [6, 6.07) is 12.0. The third-order valence-corrected chi connectivity index (χ3v) is 7.79. The number of nitrogens with zero attached hydrogens (tertiary/aromatic N) is 4. The first kappa shape index (κ1) is 22.2. The van der Waals surface area contributed by atoms with Crippen molar-refractivity contribution in [3.05, 3.63) is 83.1 Å². The molecule has 2 aliphatic heterocycles. The van der Waals surface area contributed by atoms with Crippen molar-refractivity contribution in [2.45, 2.75) is 57.0 Å². The first-order valence-corrected chi connectivity index (χ1v) is 12.5. The molecule has 0 N–H and O–H groups in total. The van der Waals surface area contributed by atoms with Crippen LogP contribution in [0.25, 0.3) is 17.1 Å². The van der Waals surface area contributed by atoms with Gasteiger partial charge in [-0.25, -0.2) is 14.4 Å². The molecule has 0 spiro atoms. The van der Waals surface area contributed by atoms with Crippen LogP contribution in [0.15, 0.2) is 66.0 Å². The van der Waals surface area contributed by atoms with Gasteiger partial charge in [-0.3, -0.25) is 4.98 Å². The van der Waals surface area contributed by atoms with Crippen molar-refractivity contribution in [3.8, 4) is 11.4 Å². The van der Waals surface area contributed by atoms with Gasteiger partial charge in [0, 0.05) is 52.1 Å². The minimum absolute atomic E-state index is 0.307. The molecule has 0 aliphatic carbocycles. The Morgan fingerprint density at radius 1 is 1.15 bits per heavy atom. The van der Waals surface area contributed by atoms with Crippen molar-refractivity contribution in [1.29, 1.82) is 0 Å². The van der Waals surface area contributed by atoms with Gasteiger partial charge in [0.25, 0.3) is 0 Å². The Hall–Kier alpha value is -2.60. The maximum atomic E-state index is 14.9. The summed E-state index contributed by atoms with van der Waals surface area (Å²) in [5.74, 6) is 1.16. The molecule has 0 amide bonds. The summed E-state index contributed by atoms with van der Waals surface area (Å²) in [6.45, 7) is 6.71. The van der Waals surface area contributed by atoms with E-state index >= 15 is 0 Å². The fourth-order valence-electron chi connectivity index (χ4n) is 5.69. The van der Waals surface area contributed by atoms with Crippen molar-refractivity contribution >= 4 is 21.6 Å². The van der Waals surface area contributed by atoms with Gasteiger partial charge in [0.15, 0.2) is 5.82 Å². The maximum Gasteiger partial charge on any atom is 0.162 e. The van der Waals surface area contributed by atoms with E-state index in [2.05, 4.69) is 61.4 Å². The Balaban J connectivity index is 1.33. The predicted molar refractivity (Wildman–Crippen MR) is 133 cm³/mol. The molecule has 170 valence electrons. The van der Waals surface area contributed by atoms with E-state index in [4.69, 9.17) is 0 Å². The van der Waals surface area contributed by atoms with E-state index in [1.165, 1.54) is 31.7 Å². The molecule has 4 unspecified atom stereocenters. The van der Waals surface area contributed by atoms with Crippen LogP contribution in [0.2, 0.25) is 0 Å². The van der Waals surface area contributed by atoms with E-state index in [0.29, 0.717) is 35.3 Å². The monoisotopic (exact) mass is 506 g/mol. The second-order valence-electron chi connectivity index (χ2n) is 9.26. The number of fused-ring (bicyclic) bond motifs is 2. The van der Waals surface area contributed by atoms with Crippen LogP contribution in [0.1, 0.15) is 56.2 Å². The number of aromatic nitrogens is 3. The molecule has 6 heteroatoms. The molecule has 4 atom stereocenters. The first-order valence-electron chi connectivity index (χ1n) is 11.7. The Kier molecular flexibility index (Phi) is 6.28. The van der Waals surface area contributed by atoms with Crippen LogP contribution < -0.4 is 0 Å². The minimum Gasteiger partial charge on any atom is -0.365 e. The highest BCUT2D eigenvalue weighted by molar-refractivity contribution is 9.10. The minimum atomic E-state index is -0.307. The lowest BCUT2D eigenvalue weighted by Crippen LogP contribution is -2.29. The Morgan fingerprint density at radius 2 is 1.97 bits per heavy atom. The molecule has 2 fully saturated rings. The molecule has 4 heterocycles. The predicted octanol–water partition coefficient (Wildman–Crippen LogP) is 6.85. The van der Waals surface area contributed by atoms with Gasteiger partial charge in [-0.15, -0.1) is 0 Å². The Labute approximate surface area is 203 Å². The zero-order valence-corrected chi connectivity index (χ0v) is 20.4. The van der Waals surface area contributed by atoms with Crippen LogP contribution in [-0.2, 0) is 0 Å². The third-order valence-electron chi connectivity index (χ3n) is 7.32. The van der Waals surface area contributed by atoms with Crippen LogP contribution >= 0.6 is 15.9 Å². The van der Waals surface area contributed by atoms with Crippen molar-refractivity contribution in [3.63, 3.8) is 0 Å². The number of hydrogen-bond donors (Lipinski definition) is 0. The number of halogens is 2. The van der Waals surface area contributed by atoms with Crippen LogP contribution in [0.5, 0.6) is 0 Å². The number of pyridine rings is 1. The van der Waals surface area contributed by atoms with E-state index in [1.54, 1.807) is 24.5 Å². The molecular formula is C27H28BrFN4. The normalized spacial score (nSPS) is 22.5. The lowest BCUT2D eigenvalue weighted by Gasteiger charge is -2.29. The molecule has 2 bridgehead atoms. The second-order valence-corrected chi connectivity index (χ2v) is 10.2. The van der Waals surface area contributed by atoms with Gasteiger partial charge < -0.3 is 4.90 Å². The van der Waals surface area contributed by atoms with Gasteiger partial charge in [-0.05, 0) is 84.1 Å². The maximum absolute atomic E-state index is 14.9. The number of benzene rings is 1. The standard InChI is InChI=1S/C27H28BrFN4/c1-17(24-11-9-20(28)16-32-24)7-8-19-15-21-10-12-25(19)33(21)18(2)22-5-3-6-23(29)26(22)27-30-13-4-14-31-27/h3-6,9,11,13-14,16-17,19,21,25H,2,7-8,10,12,15H2,1H3. The summed E-state index contributed by atoms with van der Waals surface area (Å²) in [7, 11) is 0. The van der Waals surface area contributed by atoms with E-state index in [1.807, 2.05) is 12.3 Å². The molecule has 2 aromatic heterocycles. The summed E-state index contributed by atoms with van der Waals surface area (Å²) in [6.07, 6.45) is 11.0. The van der Waals surface area contributed by atoms with Crippen LogP contribution in [0.4, 0.5) is 4.39 Å². The highest BCUT2D eigenvalue weighted by Crippen LogP contribution is 2.48. The number of hydrogen-bond acceptors (Lipinski definition) is 4. The lowest BCUT2D eigenvalue weighted by atomic mass is 9.84. The summed E-state index contributed by atoms with van der Waals surface area (Å²) in [4.78, 5) is 15.7. The molecule has 4 nitrogen and oxygen atoms in total.